The van der Waals surface area contributed by atoms with Gasteiger partial charge in [-0.3, -0.25) is 4.79 Å². The Bertz CT molecular complexity index is 494. The third-order valence-electron chi connectivity index (χ3n) is 4.90. The summed E-state index contributed by atoms with van der Waals surface area (Å²) in [5.41, 5.74) is 1.99. The van der Waals surface area contributed by atoms with Gasteiger partial charge in [-0.1, -0.05) is 0 Å². The Morgan fingerprint density at radius 2 is 1.77 bits per heavy atom. The molecule has 3 rings (SSSR count). The van der Waals surface area contributed by atoms with Gasteiger partial charge in [0.1, 0.15) is 0 Å². The average molecular weight is 302 g/mol. The number of likely N-dealkylation sites (tertiary alicyclic amines) is 1. The third kappa shape index (κ3) is 3.43. The summed E-state index contributed by atoms with van der Waals surface area (Å²) >= 11 is 0. The number of hydrogen-bond donors (Lipinski definition) is 1. The van der Waals surface area contributed by atoms with Gasteiger partial charge in [0.2, 0.25) is 0 Å². The van der Waals surface area contributed by atoms with Crippen LogP contribution in [-0.2, 0) is 0 Å². The number of amides is 1. The molecule has 0 saturated carbocycles. The fourth-order valence-corrected chi connectivity index (χ4v) is 3.55. The fraction of sp³-hybridized carbons (Fsp3) is 0.611. The number of rotatable bonds is 3. The van der Waals surface area contributed by atoms with E-state index >= 15 is 0 Å². The third-order valence-corrected chi connectivity index (χ3v) is 4.90. The van der Waals surface area contributed by atoms with Crippen LogP contribution in [0.5, 0.6) is 0 Å². The van der Waals surface area contributed by atoms with E-state index in [0.29, 0.717) is 6.54 Å². The largest absolute Gasteiger partial charge is 0.396 e. The molecule has 0 radical (unpaired) electrons. The molecule has 1 unspecified atom stereocenters. The van der Waals surface area contributed by atoms with E-state index in [1.54, 1.807) is 0 Å². The van der Waals surface area contributed by atoms with Gasteiger partial charge in [0.15, 0.2) is 0 Å². The molecule has 4 heteroatoms. The lowest BCUT2D eigenvalue weighted by Crippen LogP contribution is -2.40. The molecular weight excluding hydrogens is 276 g/mol. The lowest BCUT2D eigenvalue weighted by atomic mass is 9.98. The molecule has 0 aliphatic carbocycles. The van der Waals surface area contributed by atoms with Crippen LogP contribution in [0.15, 0.2) is 24.3 Å². The van der Waals surface area contributed by atoms with Crippen molar-refractivity contribution < 1.29 is 9.90 Å². The van der Waals surface area contributed by atoms with Crippen molar-refractivity contribution >= 4 is 11.6 Å². The van der Waals surface area contributed by atoms with E-state index in [2.05, 4.69) is 17.0 Å². The first kappa shape index (κ1) is 15.3. The lowest BCUT2D eigenvalue weighted by molar-refractivity contribution is 0.0621. The van der Waals surface area contributed by atoms with Gasteiger partial charge < -0.3 is 14.9 Å². The lowest BCUT2D eigenvalue weighted by Gasteiger charge is -2.32. The van der Waals surface area contributed by atoms with Crippen LogP contribution in [0.25, 0.3) is 0 Å². The van der Waals surface area contributed by atoms with Crippen molar-refractivity contribution in [1.82, 2.24) is 4.90 Å². The summed E-state index contributed by atoms with van der Waals surface area (Å²) in [6.07, 6.45) is 5.86. The fourth-order valence-electron chi connectivity index (χ4n) is 3.55. The second-order valence-corrected chi connectivity index (χ2v) is 6.54. The predicted octanol–water partition coefficient (Wildman–Crippen LogP) is 2.52. The van der Waals surface area contributed by atoms with Gasteiger partial charge in [-0.25, -0.2) is 0 Å². The van der Waals surface area contributed by atoms with Crippen molar-refractivity contribution in [3.8, 4) is 0 Å². The minimum Gasteiger partial charge on any atom is -0.396 e. The summed E-state index contributed by atoms with van der Waals surface area (Å²) in [5, 5.41) is 9.30. The smallest absolute Gasteiger partial charge is 0.253 e. The maximum absolute atomic E-state index is 12.6. The first-order valence-corrected chi connectivity index (χ1v) is 8.53. The van der Waals surface area contributed by atoms with Crippen molar-refractivity contribution in [3.63, 3.8) is 0 Å². The van der Waals surface area contributed by atoms with Crippen LogP contribution in [0, 0.1) is 5.92 Å². The second-order valence-electron chi connectivity index (χ2n) is 6.54. The number of carbonyl (C=O) groups is 1. The Morgan fingerprint density at radius 3 is 2.45 bits per heavy atom. The number of aliphatic hydroxyl groups excluding tert-OH is 1. The van der Waals surface area contributed by atoms with Crippen molar-refractivity contribution in [1.29, 1.82) is 0 Å². The normalized spacial score (nSPS) is 22.7. The minimum atomic E-state index is 0.100. The summed E-state index contributed by atoms with van der Waals surface area (Å²) < 4.78 is 0. The van der Waals surface area contributed by atoms with Gasteiger partial charge in [0, 0.05) is 44.0 Å². The van der Waals surface area contributed by atoms with Gasteiger partial charge in [-0.2, -0.15) is 0 Å². The minimum absolute atomic E-state index is 0.100. The van der Waals surface area contributed by atoms with Crippen LogP contribution in [0.1, 0.15) is 42.5 Å². The molecule has 2 saturated heterocycles. The van der Waals surface area contributed by atoms with Crippen molar-refractivity contribution in [2.45, 2.75) is 32.1 Å². The average Bonchev–Trinajstić information content (AvgIpc) is 2.62. The highest BCUT2D eigenvalue weighted by Gasteiger charge is 2.24. The van der Waals surface area contributed by atoms with Crippen LogP contribution in [0.3, 0.4) is 0 Å². The number of hydrogen-bond acceptors (Lipinski definition) is 3. The molecule has 120 valence electrons. The van der Waals surface area contributed by atoms with E-state index in [0.717, 1.165) is 38.0 Å². The molecule has 1 aromatic rings. The monoisotopic (exact) mass is 302 g/mol. The molecule has 22 heavy (non-hydrogen) atoms. The van der Waals surface area contributed by atoms with E-state index in [9.17, 15) is 9.90 Å². The topological polar surface area (TPSA) is 43.8 Å². The zero-order valence-corrected chi connectivity index (χ0v) is 13.2. The maximum atomic E-state index is 12.6. The molecular formula is C18H26N2O2. The van der Waals surface area contributed by atoms with Crippen molar-refractivity contribution in [2.24, 2.45) is 5.92 Å². The highest BCUT2D eigenvalue weighted by atomic mass is 16.3. The van der Waals surface area contributed by atoms with E-state index in [4.69, 9.17) is 0 Å². The highest BCUT2D eigenvalue weighted by molar-refractivity contribution is 5.94. The number of piperidine rings is 2. The van der Waals surface area contributed by atoms with E-state index in [1.807, 2.05) is 17.0 Å². The highest BCUT2D eigenvalue weighted by Crippen LogP contribution is 2.22. The number of benzene rings is 1. The molecule has 2 fully saturated rings. The second kappa shape index (κ2) is 7.14. The Morgan fingerprint density at radius 1 is 1.05 bits per heavy atom. The molecule has 4 nitrogen and oxygen atoms in total. The molecule has 0 bridgehead atoms. The molecule has 1 amide bonds. The standard InChI is InChI=1S/C18H26N2O2/c21-14-15-5-4-12-20(13-15)18(22)16-6-8-17(9-7-16)19-10-2-1-3-11-19/h6-9,15,21H,1-5,10-14H2. The molecule has 1 aromatic carbocycles. The Balaban J connectivity index is 1.65. The van der Waals surface area contributed by atoms with Crippen LogP contribution in [0.4, 0.5) is 5.69 Å². The van der Waals surface area contributed by atoms with Gasteiger partial charge >= 0.3 is 0 Å². The summed E-state index contributed by atoms with van der Waals surface area (Å²) in [4.78, 5) is 16.9. The molecule has 1 N–H and O–H groups in total. The van der Waals surface area contributed by atoms with Crippen LogP contribution in [0.2, 0.25) is 0 Å². The van der Waals surface area contributed by atoms with E-state index in [1.165, 1.54) is 24.9 Å². The number of nitrogens with zero attached hydrogens (tertiary/aromatic N) is 2. The first-order chi connectivity index (χ1) is 10.8. The van der Waals surface area contributed by atoms with E-state index in [-0.39, 0.29) is 18.4 Å². The van der Waals surface area contributed by atoms with Gasteiger partial charge in [-0.05, 0) is 62.3 Å². The molecule has 2 heterocycles. The molecule has 0 spiro atoms. The maximum Gasteiger partial charge on any atom is 0.253 e. The van der Waals surface area contributed by atoms with Crippen LogP contribution >= 0.6 is 0 Å². The van der Waals surface area contributed by atoms with Gasteiger partial charge in [0.05, 0.1) is 0 Å². The summed E-state index contributed by atoms with van der Waals surface area (Å²) in [7, 11) is 0. The first-order valence-electron chi connectivity index (χ1n) is 8.53. The van der Waals surface area contributed by atoms with Gasteiger partial charge in [0.25, 0.3) is 5.91 Å². The predicted molar refractivity (Wildman–Crippen MR) is 88.2 cm³/mol. The molecule has 0 aromatic heterocycles. The number of aliphatic hydroxyl groups is 1. The zero-order valence-electron chi connectivity index (χ0n) is 13.2. The SMILES string of the molecule is O=C(c1ccc(N2CCCCC2)cc1)N1CCCC(CO)C1. The quantitative estimate of drug-likeness (QED) is 0.933. The molecule has 1 atom stereocenters. The molecule has 2 aliphatic rings. The summed E-state index contributed by atoms with van der Waals surface area (Å²) in [5.74, 6) is 0.341. The Kier molecular flexibility index (Phi) is 4.98. The van der Waals surface area contributed by atoms with Gasteiger partial charge in [-0.15, -0.1) is 0 Å². The van der Waals surface area contributed by atoms with Crippen molar-refractivity contribution in [2.75, 3.05) is 37.7 Å². The van der Waals surface area contributed by atoms with E-state index < -0.39 is 0 Å². The summed E-state index contributed by atoms with van der Waals surface area (Å²) in [6.45, 7) is 3.92. The Labute approximate surface area is 132 Å². The van der Waals surface area contributed by atoms with Crippen LogP contribution < -0.4 is 4.90 Å². The van der Waals surface area contributed by atoms with Crippen molar-refractivity contribution in [3.05, 3.63) is 29.8 Å². The number of anilines is 1. The zero-order chi connectivity index (χ0) is 15.4. The molecule has 2 aliphatic heterocycles. The van der Waals surface area contributed by atoms with Crippen LogP contribution in [-0.4, -0.2) is 48.7 Å². The summed E-state index contributed by atoms with van der Waals surface area (Å²) in [6, 6.07) is 8.06. The Hall–Kier alpha value is -1.55. The number of carbonyl (C=O) groups excluding carboxylic acids is 1.